The van der Waals surface area contributed by atoms with Gasteiger partial charge in [0, 0.05) is 36.9 Å². The highest BCUT2D eigenvalue weighted by Crippen LogP contribution is 2.32. The van der Waals surface area contributed by atoms with Crippen LogP contribution < -0.4 is 5.32 Å². The van der Waals surface area contributed by atoms with Gasteiger partial charge in [-0.25, -0.2) is 0 Å². The van der Waals surface area contributed by atoms with Gasteiger partial charge in [0.15, 0.2) is 0 Å². The number of aromatic nitrogens is 1. The third-order valence-corrected chi connectivity index (χ3v) is 3.65. The number of nitrogens with zero attached hydrogens (tertiary/aromatic N) is 1. The Morgan fingerprint density at radius 2 is 2.44 bits per heavy atom. The smallest absolute Gasteiger partial charge is 0.305 e. The molecule has 0 aromatic carbocycles. The third-order valence-electron chi connectivity index (χ3n) is 3.65. The van der Waals surface area contributed by atoms with Gasteiger partial charge in [0.2, 0.25) is 0 Å². The van der Waals surface area contributed by atoms with E-state index in [1.807, 2.05) is 0 Å². The van der Waals surface area contributed by atoms with Gasteiger partial charge >= 0.3 is 5.97 Å². The summed E-state index contributed by atoms with van der Waals surface area (Å²) in [5.41, 5.74) is 3.99. The highest BCUT2D eigenvalue weighted by Gasteiger charge is 2.28. The lowest BCUT2D eigenvalue weighted by Gasteiger charge is -2.24. The summed E-state index contributed by atoms with van der Waals surface area (Å²) in [6.45, 7) is 2.01. The average Bonchev–Trinajstić information content (AvgIpc) is 2.77. The van der Waals surface area contributed by atoms with Crippen molar-refractivity contribution >= 4 is 5.97 Å². The molecule has 1 unspecified atom stereocenters. The van der Waals surface area contributed by atoms with Crippen LogP contribution in [0, 0.1) is 0 Å². The molecular formula is C12H16N2O2. The Hall–Kier alpha value is -1.29. The molecule has 0 saturated heterocycles. The fourth-order valence-electron chi connectivity index (χ4n) is 2.99. The summed E-state index contributed by atoms with van der Waals surface area (Å²) in [5, 5.41) is 12.2. The van der Waals surface area contributed by atoms with Gasteiger partial charge < -0.3 is 15.0 Å². The van der Waals surface area contributed by atoms with Crippen molar-refractivity contribution in [3.63, 3.8) is 0 Å². The second kappa shape index (κ2) is 3.63. The zero-order valence-electron chi connectivity index (χ0n) is 9.20. The van der Waals surface area contributed by atoms with Crippen LogP contribution in [0.3, 0.4) is 0 Å². The minimum atomic E-state index is -0.725. The third kappa shape index (κ3) is 1.45. The first-order chi connectivity index (χ1) is 7.75. The topological polar surface area (TPSA) is 54.3 Å². The molecular weight excluding hydrogens is 204 g/mol. The van der Waals surface area contributed by atoms with Crippen molar-refractivity contribution in [3.8, 4) is 0 Å². The maximum atomic E-state index is 10.8. The molecule has 0 spiro atoms. The van der Waals surface area contributed by atoms with Crippen molar-refractivity contribution in [1.29, 1.82) is 0 Å². The quantitative estimate of drug-likeness (QED) is 0.784. The molecule has 0 fully saturated rings. The molecule has 1 atom stereocenters. The number of aryl methyl sites for hydroxylation is 1. The predicted molar refractivity (Wildman–Crippen MR) is 59.5 cm³/mol. The number of hydrogen-bond donors (Lipinski definition) is 2. The minimum Gasteiger partial charge on any atom is -0.481 e. The van der Waals surface area contributed by atoms with Crippen LogP contribution in [0.2, 0.25) is 0 Å². The van der Waals surface area contributed by atoms with Crippen molar-refractivity contribution in [3.05, 3.63) is 23.0 Å². The maximum absolute atomic E-state index is 10.8. The number of rotatable bonds is 2. The molecule has 2 aliphatic rings. The SMILES string of the molecule is O=C(O)CC1NCCc2c1cc1n2CCC1. The zero-order chi connectivity index (χ0) is 11.1. The van der Waals surface area contributed by atoms with E-state index in [1.165, 1.54) is 23.4 Å². The number of carboxylic acid groups (broad SMARTS) is 1. The van der Waals surface area contributed by atoms with Crippen LogP contribution in [-0.2, 0) is 24.2 Å². The summed E-state index contributed by atoms with van der Waals surface area (Å²) in [6, 6.07) is 2.22. The van der Waals surface area contributed by atoms with Crippen LogP contribution in [-0.4, -0.2) is 22.2 Å². The van der Waals surface area contributed by atoms with Crippen molar-refractivity contribution in [1.82, 2.24) is 9.88 Å². The zero-order valence-corrected chi connectivity index (χ0v) is 9.20. The number of nitrogens with one attached hydrogen (secondary N) is 1. The standard InChI is InChI=1S/C12H16N2O2/c15-12(16)7-10-9-6-8-2-1-5-14(8)11(9)3-4-13-10/h6,10,13H,1-5,7H2,(H,15,16). The van der Waals surface area contributed by atoms with Crippen LogP contribution in [0.4, 0.5) is 0 Å². The van der Waals surface area contributed by atoms with Gasteiger partial charge in [-0.2, -0.15) is 0 Å². The first-order valence-corrected chi connectivity index (χ1v) is 5.92. The highest BCUT2D eigenvalue weighted by molar-refractivity contribution is 5.68. The van der Waals surface area contributed by atoms with E-state index in [4.69, 9.17) is 5.11 Å². The summed E-state index contributed by atoms with van der Waals surface area (Å²) in [7, 11) is 0. The first-order valence-electron chi connectivity index (χ1n) is 5.92. The molecule has 86 valence electrons. The molecule has 4 heteroatoms. The molecule has 0 aliphatic carbocycles. The fraction of sp³-hybridized carbons (Fsp3) is 0.583. The molecule has 16 heavy (non-hydrogen) atoms. The summed E-state index contributed by atoms with van der Waals surface area (Å²) < 4.78 is 2.39. The van der Waals surface area contributed by atoms with E-state index < -0.39 is 5.97 Å². The highest BCUT2D eigenvalue weighted by atomic mass is 16.4. The number of hydrogen-bond acceptors (Lipinski definition) is 2. The van der Waals surface area contributed by atoms with Crippen molar-refractivity contribution in [2.75, 3.05) is 6.54 Å². The molecule has 0 saturated carbocycles. The summed E-state index contributed by atoms with van der Waals surface area (Å²) in [6.07, 6.45) is 3.61. The normalized spacial score (nSPS) is 22.9. The van der Waals surface area contributed by atoms with Crippen molar-refractivity contribution in [2.24, 2.45) is 0 Å². The van der Waals surface area contributed by atoms with Gasteiger partial charge in [-0.05, 0) is 24.5 Å². The van der Waals surface area contributed by atoms with E-state index >= 15 is 0 Å². The first kappa shape index (κ1) is 9.90. The van der Waals surface area contributed by atoms with Gasteiger partial charge in [-0.1, -0.05) is 0 Å². The van der Waals surface area contributed by atoms with Gasteiger partial charge in [0.25, 0.3) is 0 Å². The molecule has 1 aromatic rings. The van der Waals surface area contributed by atoms with E-state index in [0.717, 1.165) is 25.9 Å². The van der Waals surface area contributed by atoms with Gasteiger partial charge in [0.05, 0.1) is 6.42 Å². The molecule has 0 radical (unpaired) electrons. The lowest BCUT2D eigenvalue weighted by Crippen LogP contribution is -2.31. The second-order valence-electron chi connectivity index (χ2n) is 4.65. The minimum absolute atomic E-state index is 0.0133. The molecule has 0 bridgehead atoms. The van der Waals surface area contributed by atoms with Crippen LogP contribution in [0.1, 0.15) is 35.8 Å². The molecule has 2 N–H and O–H groups in total. The number of aliphatic carboxylic acids is 1. The summed E-state index contributed by atoms with van der Waals surface area (Å²) in [5.74, 6) is -0.725. The maximum Gasteiger partial charge on any atom is 0.305 e. The Labute approximate surface area is 94.3 Å². The second-order valence-corrected chi connectivity index (χ2v) is 4.65. The number of carbonyl (C=O) groups is 1. The molecule has 4 nitrogen and oxygen atoms in total. The molecule has 2 aliphatic heterocycles. The molecule has 0 amide bonds. The average molecular weight is 220 g/mol. The van der Waals surface area contributed by atoms with Crippen LogP contribution in [0.25, 0.3) is 0 Å². The Morgan fingerprint density at radius 1 is 1.56 bits per heavy atom. The Balaban J connectivity index is 1.97. The van der Waals surface area contributed by atoms with E-state index in [2.05, 4.69) is 16.0 Å². The lowest BCUT2D eigenvalue weighted by molar-refractivity contribution is -0.137. The van der Waals surface area contributed by atoms with E-state index in [9.17, 15) is 4.79 Å². The van der Waals surface area contributed by atoms with Crippen LogP contribution in [0.5, 0.6) is 0 Å². The van der Waals surface area contributed by atoms with E-state index in [0.29, 0.717) is 0 Å². The van der Waals surface area contributed by atoms with Crippen molar-refractivity contribution < 1.29 is 9.90 Å². The van der Waals surface area contributed by atoms with Crippen LogP contribution in [0.15, 0.2) is 6.07 Å². The van der Waals surface area contributed by atoms with E-state index in [1.54, 1.807) is 0 Å². The lowest BCUT2D eigenvalue weighted by atomic mass is 9.98. The van der Waals surface area contributed by atoms with Gasteiger partial charge in [-0.15, -0.1) is 0 Å². The van der Waals surface area contributed by atoms with Gasteiger partial charge in [0.1, 0.15) is 0 Å². The molecule has 3 rings (SSSR count). The molecule has 1 aromatic heterocycles. The number of carboxylic acids is 1. The monoisotopic (exact) mass is 220 g/mol. The molecule has 3 heterocycles. The van der Waals surface area contributed by atoms with Crippen molar-refractivity contribution in [2.45, 2.75) is 38.3 Å². The van der Waals surface area contributed by atoms with Gasteiger partial charge in [-0.3, -0.25) is 4.79 Å². The Kier molecular flexibility index (Phi) is 2.24. The summed E-state index contributed by atoms with van der Waals surface area (Å²) in [4.78, 5) is 10.8. The Bertz CT molecular complexity index is 436. The van der Waals surface area contributed by atoms with Crippen LogP contribution >= 0.6 is 0 Å². The largest absolute Gasteiger partial charge is 0.481 e. The Morgan fingerprint density at radius 3 is 3.25 bits per heavy atom. The number of fused-ring (bicyclic) bond motifs is 3. The predicted octanol–water partition coefficient (Wildman–Crippen LogP) is 1.10. The van der Waals surface area contributed by atoms with E-state index in [-0.39, 0.29) is 12.5 Å². The summed E-state index contributed by atoms with van der Waals surface area (Å²) >= 11 is 0. The fourth-order valence-corrected chi connectivity index (χ4v) is 2.99.